The summed E-state index contributed by atoms with van der Waals surface area (Å²) in [4.78, 5) is 12.8. The minimum Gasteiger partial charge on any atom is -0.456 e. The highest BCUT2D eigenvalue weighted by Gasteiger charge is 2.24. The Kier molecular flexibility index (Phi) is 3.06. The summed E-state index contributed by atoms with van der Waals surface area (Å²) in [6.07, 6.45) is 4.60. The first kappa shape index (κ1) is 11.6. The quantitative estimate of drug-likeness (QED) is 0.699. The highest BCUT2D eigenvalue weighted by Crippen LogP contribution is 2.31. The molecule has 2 rings (SSSR count). The summed E-state index contributed by atoms with van der Waals surface area (Å²) < 4.78 is 5.42. The van der Waals surface area contributed by atoms with Crippen LogP contribution in [0.2, 0.25) is 0 Å². The van der Waals surface area contributed by atoms with Gasteiger partial charge in [0.2, 0.25) is 0 Å². The van der Waals surface area contributed by atoms with E-state index in [9.17, 15) is 4.79 Å². The first-order chi connectivity index (χ1) is 7.47. The van der Waals surface area contributed by atoms with Crippen molar-refractivity contribution in [2.45, 2.75) is 52.1 Å². The van der Waals surface area contributed by atoms with Gasteiger partial charge < -0.3 is 4.74 Å². The van der Waals surface area contributed by atoms with Crippen molar-refractivity contribution < 1.29 is 9.53 Å². The van der Waals surface area contributed by atoms with Crippen LogP contribution in [0.4, 0.5) is 0 Å². The molecule has 0 bridgehead atoms. The fourth-order valence-electron chi connectivity index (χ4n) is 2.02. The molecule has 0 saturated carbocycles. The maximum Gasteiger partial charge on any atom is 0.349 e. The highest BCUT2D eigenvalue weighted by molar-refractivity contribution is 7.12. The fourth-order valence-corrected chi connectivity index (χ4v) is 3.05. The number of fused-ring (bicyclic) bond motifs is 1. The van der Waals surface area contributed by atoms with Crippen LogP contribution in [-0.4, -0.2) is 11.6 Å². The second-order valence-corrected chi connectivity index (χ2v) is 6.16. The largest absolute Gasteiger partial charge is 0.456 e. The Morgan fingerprint density at radius 1 is 1.31 bits per heavy atom. The van der Waals surface area contributed by atoms with E-state index in [0.717, 1.165) is 17.7 Å². The van der Waals surface area contributed by atoms with Gasteiger partial charge in [-0.05, 0) is 63.0 Å². The molecule has 16 heavy (non-hydrogen) atoms. The second-order valence-electron chi connectivity index (χ2n) is 5.28. The van der Waals surface area contributed by atoms with E-state index >= 15 is 0 Å². The summed E-state index contributed by atoms with van der Waals surface area (Å²) in [6.45, 7) is 5.72. The Hall–Kier alpha value is -0.830. The topological polar surface area (TPSA) is 26.3 Å². The Morgan fingerprint density at radius 2 is 2.00 bits per heavy atom. The molecule has 3 heteroatoms. The molecule has 2 nitrogen and oxygen atoms in total. The first-order valence-corrected chi connectivity index (χ1v) is 6.68. The number of esters is 1. The molecule has 0 N–H and O–H groups in total. The van der Waals surface area contributed by atoms with E-state index in [2.05, 4.69) is 5.38 Å². The van der Waals surface area contributed by atoms with Crippen LogP contribution in [0.1, 0.15) is 54.4 Å². The monoisotopic (exact) mass is 238 g/mol. The zero-order valence-corrected chi connectivity index (χ0v) is 10.9. The maximum atomic E-state index is 12.0. The predicted molar refractivity (Wildman–Crippen MR) is 66.1 cm³/mol. The third-order valence-corrected chi connectivity index (χ3v) is 3.74. The number of rotatable bonds is 1. The molecule has 0 spiro atoms. The van der Waals surface area contributed by atoms with Crippen molar-refractivity contribution in [3.05, 3.63) is 21.4 Å². The van der Waals surface area contributed by atoms with Gasteiger partial charge in [0, 0.05) is 0 Å². The molecule has 1 heterocycles. The molecule has 88 valence electrons. The van der Waals surface area contributed by atoms with E-state index in [0.29, 0.717) is 0 Å². The molecule has 0 fully saturated rings. The Bertz CT molecular complexity index is 399. The van der Waals surface area contributed by atoms with E-state index in [-0.39, 0.29) is 5.97 Å². The predicted octanol–water partition coefficient (Wildman–Crippen LogP) is 3.58. The van der Waals surface area contributed by atoms with Crippen molar-refractivity contribution >= 4 is 17.3 Å². The number of ether oxygens (including phenoxy) is 1. The SMILES string of the molecule is CC(C)(C)OC(=O)c1scc2c1CCCC2. The van der Waals surface area contributed by atoms with Gasteiger partial charge >= 0.3 is 5.97 Å². The van der Waals surface area contributed by atoms with Crippen LogP contribution in [0.3, 0.4) is 0 Å². The van der Waals surface area contributed by atoms with E-state index in [4.69, 9.17) is 4.74 Å². The summed E-state index contributed by atoms with van der Waals surface area (Å²) in [6, 6.07) is 0. The number of hydrogen-bond donors (Lipinski definition) is 0. The molecular formula is C13H18O2S. The van der Waals surface area contributed by atoms with Crippen LogP contribution in [0.25, 0.3) is 0 Å². The minimum atomic E-state index is -0.400. The van der Waals surface area contributed by atoms with Gasteiger partial charge in [0.15, 0.2) is 0 Å². The molecule has 1 aromatic rings. The van der Waals surface area contributed by atoms with Gasteiger partial charge in [-0.3, -0.25) is 0 Å². The summed E-state index contributed by atoms with van der Waals surface area (Å²) in [5, 5.41) is 2.12. The molecule has 1 aliphatic rings. The molecule has 0 saturated heterocycles. The van der Waals surface area contributed by atoms with Gasteiger partial charge in [-0.2, -0.15) is 0 Å². The highest BCUT2D eigenvalue weighted by atomic mass is 32.1. The Balaban J connectivity index is 2.21. The van der Waals surface area contributed by atoms with E-state index in [1.807, 2.05) is 20.8 Å². The number of aryl methyl sites for hydroxylation is 1. The van der Waals surface area contributed by atoms with Crippen LogP contribution in [0.15, 0.2) is 5.38 Å². The number of carbonyl (C=O) groups excluding carboxylic acids is 1. The fraction of sp³-hybridized carbons (Fsp3) is 0.615. The average Bonchev–Trinajstić information content (AvgIpc) is 2.58. The third-order valence-electron chi connectivity index (χ3n) is 2.69. The van der Waals surface area contributed by atoms with Crippen LogP contribution in [0.5, 0.6) is 0 Å². The first-order valence-electron chi connectivity index (χ1n) is 5.80. The van der Waals surface area contributed by atoms with Crippen molar-refractivity contribution in [2.24, 2.45) is 0 Å². The van der Waals surface area contributed by atoms with E-state index in [1.165, 1.54) is 35.3 Å². The molecular weight excluding hydrogens is 220 g/mol. The van der Waals surface area contributed by atoms with Gasteiger partial charge in [-0.1, -0.05) is 0 Å². The van der Waals surface area contributed by atoms with Crippen molar-refractivity contribution in [3.8, 4) is 0 Å². The molecule has 0 unspecified atom stereocenters. The number of carbonyl (C=O) groups is 1. The van der Waals surface area contributed by atoms with Crippen LogP contribution >= 0.6 is 11.3 Å². The van der Waals surface area contributed by atoms with Gasteiger partial charge in [-0.25, -0.2) is 4.79 Å². The van der Waals surface area contributed by atoms with Crippen molar-refractivity contribution in [1.29, 1.82) is 0 Å². The lowest BCUT2D eigenvalue weighted by atomic mass is 9.94. The Labute approximate surface area is 101 Å². The maximum absolute atomic E-state index is 12.0. The Morgan fingerprint density at radius 3 is 2.69 bits per heavy atom. The molecule has 0 atom stereocenters. The molecule has 0 radical (unpaired) electrons. The average molecular weight is 238 g/mol. The zero-order chi connectivity index (χ0) is 11.8. The van der Waals surface area contributed by atoms with Gasteiger partial charge in [0.1, 0.15) is 10.5 Å². The van der Waals surface area contributed by atoms with Crippen molar-refractivity contribution in [2.75, 3.05) is 0 Å². The van der Waals surface area contributed by atoms with Crippen molar-refractivity contribution in [1.82, 2.24) is 0 Å². The van der Waals surface area contributed by atoms with E-state index in [1.54, 1.807) is 0 Å². The molecule has 0 aromatic carbocycles. The summed E-state index contributed by atoms with van der Waals surface area (Å²) in [7, 11) is 0. The number of hydrogen-bond acceptors (Lipinski definition) is 3. The lowest BCUT2D eigenvalue weighted by Gasteiger charge is -2.20. The van der Waals surface area contributed by atoms with Crippen molar-refractivity contribution in [3.63, 3.8) is 0 Å². The van der Waals surface area contributed by atoms with Crippen LogP contribution in [-0.2, 0) is 17.6 Å². The van der Waals surface area contributed by atoms with Crippen LogP contribution < -0.4 is 0 Å². The zero-order valence-electron chi connectivity index (χ0n) is 10.1. The van der Waals surface area contributed by atoms with Gasteiger partial charge in [-0.15, -0.1) is 11.3 Å². The second kappa shape index (κ2) is 4.21. The van der Waals surface area contributed by atoms with Gasteiger partial charge in [0.05, 0.1) is 0 Å². The summed E-state index contributed by atoms with van der Waals surface area (Å²) >= 11 is 1.54. The molecule has 1 aliphatic carbocycles. The smallest absolute Gasteiger partial charge is 0.349 e. The minimum absolute atomic E-state index is 0.152. The van der Waals surface area contributed by atoms with Crippen LogP contribution in [0, 0.1) is 0 Å². The van der Waals surface area contributed by atoms with Gasteiger partial charge in [0.25, 0.3) is 0 Å². The lowest BCUT2D eigenvalue weighted by Crippen LogP contribution is -2.24. The molecule has 0 aliphatic heterocycles. The standard InChI is InChI=1S/C13H18O2S/c1-13(2,3)15-12(14)11-10-7-5-4-6-9(10)8-16-11/h8H,4-7H2,1-3H3. The molecule has 0 amide bonds. The van der Waals surface area contributed by atoms with E-state index < -0.39 is 5.60 Å². The molecule has 1 aromatic heterocycles. The number of thiophene rings is 1. The summed E-state index contributed by atoms with van der Waals surface area (Å²) in [5.74, 6) is -0.152. The third kappa shape index (κ3) is 2.46. The summed E-state index contributed by atoms with van der Waals surface area (Å²) in [5.41, 5.74) is 2.20. The lowest BCUT2D eigenvalue weighted by molar-refractivity contribution is 0.00739. The normalized spacial score (nSPS) is 15.7.